The molecule has 1 atom stereocenters. The fourth-order valence-electron chi connectivity index (χ4n) is 1.23. The molecule has 14 heavy (non-hydrogen) atoms. The van der Waals surface area contributed by atoms with Gasteiger partial charge in [-0.15, -0.1) is 0 Å². The van der Waals surface area contributed by atoms with Crippen molar-refractivity contribution in [3.05, 3.63) is 35.1 Å². The van der Waals surface area contributed by atoms with Gasteiger partial charge in [0.15, 0.2) is 17.5 Å². The van der Waals surface area contributed by atoms with Gasteiger partial charge >= 0.3 is 0 Å². The summed E-state index contributed by atoms with van der Waals surface area (Å²) in [6.45, 7) is 1.80. The lowest BCUT2D eigenvalue weighted by Crippen LogP contribution is -2.27. The van der Waals surface area contributed by atoms with E-state index < -0.39 is 17.5 Å². The number of halogens is 3. The molecule has 0 saturated carbocycles. The lowest BCUT2D eigenvalue weighted by atomic mass is 10.0. The summed E-state index contributed by atoms with van der Waals surface area (Å²) in [7, 11) is 0. The molecule has 1 aromatic rings. The second-order valence-corrected chi connectivity index (χ2v) is 2.93. The molecule has 0 bridgehead atoms. The predicted octanol–water partition coefficient (Wildman–Crippen LogP) is 2.02. The number of nitrogens with one attached hydrogen (secondary N) is 1. The van der Waals surface area contributed by atoms with Crippen molar-refractivity contribution >= 4 is 0 Å². The molecule has 0 radical (unpaired) electrons. The molecule has 1 aromatic carbocycles. The maximum Gasteiger partial charge on any atom is 0.194 e. The number of rotatable bonds is 3. The summed E-state index contributed by atoms with van der Waals surface area (Å²) in [5.74, 6) is 1.31. The van der Waals surface area contributed by atoms with Crippen LogP contribution in [0.15, 0.2) is 12.1 Å². The second kappa shape index (κ2) is 4.43. The Labute approximate surface area is 79.9 Å². The van der Waals surface area contributed by atoms with Crippen molar-refractivity contribution in [2.24, 2.45) is 5.84 Å². The standard InChI is InChI=1S/C9H11F3N2/c1-2-8(14-13)5-3-6(10)9(12)7(11)4-5/h3-4,8,14H,2,13H2,1H3/t8-/m0/s1. The molecule has 0 spiro atoms. The summed E-state index contributed by atoms with van der Waals surface area (Å²) in [6, 6.07) is 1.50. The van der Waals surface area contributed by atoms with Gasteiger partial charge in [-0.1, -0.05) is 6.92 Å². The van der Waals surface area contributed by atoms with E-state index in [1.54, 1.807) is 6.92 Å². The molecule has 3 N–H and O–H groups in total. The molecule has 0 aromatic heterocycles. The Morgan fingerprint density at radius 1 is 1.29 bits per heavy atom. The summed E-state index contributed by atoms with van der Waals surface area (Å²) < 4.78 is 38.2. The van der Waals surface area contributed by atoms with E-state index in [4.69, 9.17) is 5.84 Å². The topological polar surface area (TPSA) is 38.0 Å². The van der Waals surface area contributed by atoms with Crippen LogP contribution in [0.1, 0.15) is 24.9 Å². The molecule has 5 heteroatoms. The van der Waals surface area contributed by atoms with Gasteiger partial charge in [0.25, 0.3) is 0 Å². The minimum Gasteiger partial charge on any atom is -0.271 e. The van der Waals surface area contributed by atoms with Crippen LogP contribution in [0.3, 0.4) is 0 Å². The highest BCUT2D eigenvalue weighted by Crippen LogP contribution is 2.20. The van der Waals surface area contributed by atoms with Gasteiger partial charge in [0.1, 0.15) is 0 Å². The average Bonchev–Trinajstić information content (AvgIpc) is 2.16. The monoisotopic (exact) mass is 204 g/mol. The molecule has 0 unspecified atom stereocenters. The first-order valence-corrected chi connectivity index (χ1v) is 4.20. The normalized spacial score (nSPS) is 12.9. The van der Waals surface area contributed by atoms with Crippen molar-refractivity contribution in [2.45, 2.75) is 19.4 Å². The Morgan fingerprint density at radius 2 is 1.79 bits per heavy atom. The van der Waals surface area contributed by atoms with Gasteiger partial charge in [-0.2, -0.15) is 0 Å². The van der Waals surface area contributed by atoms with Gasteiger partial charge in [-0.25, -0.2) is 13.2 Å². The maximum absolute atomic E-state index is 12.8. The predicted molar refractivity (Wildman–Crippen MR) is 46.7 cm³/mol. The Kier molecular flexibility index (Phi) is 3.49. The molecular formula is C9H11F3N2. The summed E-state index contributed by atoms with van der Waals surface area (Å²) in [4.78, 5) is 0. The van der Waals surface area contributed by atoms with E-state index in [9.17, 15) is 13.2 Å². The molecule has 0 saturated heterocycles. The first-order valence-electron chi connectivity index (χ1n) is 4.20. The Bertz CT molecular complexity index is 301. The molecule has 0 aliphatic heterocycles. The number of hydrazine groups is 1. The molecule has 0 amide bonds. The Morgan fingerprint density at radius 3 is 2.14 bits per heavy atom. The van der Waals surface area contributed by atoms with Crippen LogP contribution in [0.5, 0.6) is 0 Å². The highest BCUT2D eigenvalue weighted by Gasteiger charge is 2.14. The maximum atomic E-state index is 12.8. The first-order chi connectivity index (χ1) is 6.60. The zero-order valence-electron chi connectivity index (χ0n) is 7.65. The van der Waals surface area contributed by atoms with Crippen LogP contribution in [0.2, 0.25) is 0 Å². The van der Waals surface area contributed by atoms with Crippen molar-refractivity contribution in [1.29, 1.82) is 0 Å². The van der Waals surface area contributed by atoms with Crippen LogP contribution >= 0.6 is 0 Å². The van der Waals surface area contributed by atoms with E-state index in [1.165, 1.54) is 0 Å². The fraction of sp³-hybridized carbons (Fsp3) is 0.333. The largest absolute Gasteiger partial charge is 0.271 e. The third-order valence-electron chi connectivity index (χ3n) is 2.02. The Balaban J connectivity index is 3.11. The molecule has 1 rings (SSSR count). The quantitative estimate of drug-likeness (QED) is 0.449. The summed E-state index contributed by atoms with van der Waals surface area (Å²) in [6.07, 6.45) is 0.557. The van der Waals surface area contributed by atoms with Crippen molar-refractivity contribution < 1.29 is 13.2 Å². The van der Waals surface area contributed by atoms with Gasteiger partial charge in [0.2, 0.25) is 0 Å². The van der Waals surface area contributed by atoms with E-state index in [2.05, 4.69) is 5.43 Å². The molecule has 0 heterocycles. The average molecular weight is 204 g/mol. The highest BCUT2D eigenvalue weighted by molar-refractivity contribution is 5.22. The van der Waals surface area contributed by atoms with Crippen LogP contribution in [0, 0.1) is 17.5 Å². The van der Waals surface area contributed by atoms with Crippen molar-refractivity contribution in [1.82, 2.24) is 5.43 Å². The van der Waals surface area contributed by atoms with E-state index in [0.29, 0.717) is 12.0 Å². The number of benzene rings is 1. The zero-order valence-corrected chi connectivity index (χ0v) is 7.65. The summed E-state index contributed by atoms with van der Waals surface area (Å²) >= 11 is 0. The van der Waals surface area contributed by atoms with E-state index >= 15 is 0 Å². The minimum atomic E-state index is -1.46. The van der Waals surface area contributed by atoms with E-state index in [1.807, 2.05) is 0 Å². The number of hydrogen-bond donors (Lipinski definition) is 2. The summed E-state index contributed by atoms with van der Waals surface area (Å²) in [5.41, 5.74) is 2.68. The highest BCUT2D eigenvalue weighted by atomic mass is 19.2. The molecule has 0 fully saturated rings. The van der Waals surface area contributed by atoms with Gasteiger partial charge in [0, 0.05) is 6.04 Å². The van der Waals surface area contributed by atoms with Crippen LogP contribution in [-0.2, 0) is 0 Å². The smallest absolute Gasteiger partial charge is 0.194 e. The first kappa shape index (κ1) is 11.0. The van der Waals surface area contributed by atoms with Gasteiger partial charge in [-0.3, -0.25) is 11.3 Å². The fourth-order valence-corrected chi connectivity index (χ4v) is 1.23. The SMILES string of the molecule is CC[C@H](NN)c1cc(F)c(F)c(F)c1. The lowest BCUT2D eigenvalue weighted by Gasteiger charge is -2.14. The molecule has 2 nitrogen and oxygen atoms in total. The van der Waals surface area contributed by atoms with Crippen molar-refractivity contribution in [3.63, 3.8) is 0 Å². The third kappa shape index (κ3) is 2.05. The van der Waals surface area contributed by atoms with Gasteiger partial charge < -0.3 is 0 Å². The number of hydrogen-bond acceptors (Lipinski definition) is 2. The molecule has 78 valence electrons. The second-order valence-electron chi connectivity index (χ2n) is 2.93. The zero-order chi connectivity index (χ0) is 10.7. The van der Waals surface area contributed by atoms with Crippen LogP contribution < -0.4 is 11.3 Å². The van der Waals surface area contributed by atoms with Crippen LogP contribution in [0.25, 0.3) is 0 Å². The molecule has 0 aliphatic rings. The third-order valence-corrected chi connectivity index (χ3v) is 2.02. The summed E-state index contributed by atoms with van der Waals surface area (Å²) in [5, 5.41) is 0. The van der Waals surface area contributed by atoms with Crippen LogP contribution in [-0.4, -0.2) is 0 Å². The van der Waals surface area contributed by atoms with Crippen molar-refractivity contribution in [3.8, 4) is 0 Å². The Hall–Kier alpha value is -1.07. The molecule has 0 aliphatic carbocycles. The number of nitrogens with two attached hydrogens (primary N) is 1. The van der Waals surface area contributed by atoms with E-state index in [0.717, 1.165) is 12.1 Å². The lowest BCUT2D eigenvalue weighted by molar-refractivity contribution is 0.438. The van der Waals surface area contributed by atoms with Gasteiger partial charge in [0.05, 0.1) is 0 Å². The van der Waals surface area contributed by atoms with Crippen molar-refractivity contribution in [2.75, 3.05) is 0 Å². The van der Waals surface area contributed by atoms with Crippen LogP contribution in [0.4, 0.5) is 13.2 Å². The molecular weight excluding hydrogens is 193 g/mol. The van der Waals surface area contributed by atoms with Gasteiger partial charge in [-0.05, 0) is 24.1 Å². The van der Waals surface area contributed by atoms with E-state index in [-0.39, 0.29) is 6.04 Å². The minimum absolute atomic E-state index is 0.298.